The summed E-state index contributed by atoms with van der Waals surface area (Å²) in [6.07, 6.45) is -0.996. The van der Waals surface area contributed by atoms with Gasteiger partial charge in [-0.05, 0) is 23.8 Å². The third kappa shape index (κ3) is 7.66. The number of hydrogen-bond acceptors (Lipinski definition) is 9. The number of aromatic nitrogens is 3. The zero-order valence-corrected chi connectivity index (χ0v) is 24.5. The summed E-state index contributed by atoms with van der Waals surface area (Å²) >= 11 is 7.13. The standard InChI is InChI=1S/C28H23ClF4N4O6S/c1-41-12-17(13-42-2)37(26(38)22-4-3-16(29)10-35-22)23-8-21(30)24(7-19(23)27(39)40)43-25-20(28(31,32)33)6-15(9-36-25)5-18-11-34-14-44-18/h3-4,6-11,14,17H,5,12-13H2,1-2H3,(H,39,40). The van der Waals surface area contributed by atoms with Gasteiger partial charge in [-0.3, -0.25) is 14.7 Å². The molecule has 0 saturated carbocycles. The Bertz CT molecular complexity index is 1620. The van der Waals surface area contributed by atoms with Crippen LogP contribution >= 0.6 is 22.9 Å². The first-order chi connectivity index (χ1) is 20.9. The van der Waals surface area contributed by atoms with Crippen LogP contribution in [0.25, 0.3) is 0 Å². The molecule has 3 aromatic heterocycles. The van der Waals surface area contributed by atoms with Crippen LogP contribution < -0.4 is 9.64 Å². The third-order valence-electron chi connectivity index (χ3n) is 6.07. The van der Waals surface area contributed by atoms with E-state index in [9.17, 15) is 27.9 Å². The zero-order valence-electron chi connectivity index (χ0n) is 23.0. The maximum absolute atomic E-state index is 15.6. The van der Waals surface area contributed by atoms with E-state index < -0.39 is 58.4 Å². The molecule has 0 aliphatic carbocycles. The lowest BCUT2D eigenvalue weighted by atomic mass is 10.1. The van der Waals surface area contributed by atoms with Gasteiger partial charge in [0.2, 0.25) is 5.88 Å². The van der Waals surface area contributed by atoms with Crippen LogP contribution in [-0.2, 0) is 22.1 Å². The lowest BCUT2D eigenvalue weighted by Gasteiger charge is -2.32. The van der Waals surface area contributed by atoms with Crippen molar-refractivity contribution in [3.8, 4) is 11.6 Å². The third-order valence-corrected chi connectivity index (χ3v) is 7.07. The minimum absolute atomic E-state index is 0.115. The lowest BCUT2D eigenvalue weighted by Crippen LogP contribution is -2.46. The average Bonchev–Trinajstić information content (AvgIpc) is 3.48. The molecule has 1 amide bonds. The first-order valence-corrected chi connectivity index (χ1v) is 13.8. The monoisotopic (exact) mass is 654 g/mol. The van der Waals surface area contributed by atoms with E-state index in [1.807, 2.05) is 0 Å². The molecule has 3 heterocycles. The van der Waals surface area contributed by atoms with Crippen molar-refractivity contribution in [3.05, 3.63) is 92.5 Å². The lowest BCUT2D eigenvalue weighted by molar-refractivity contribution is -0.139. The molecule has 0 spiro atoms. The zero-order chi connectivity index (χ0) is 32.0. The summed E-state index contributed by atoms with van der Waals surface area (Å²) in [5.41, 5.74) is -0.858. The van der Waals surface area contributed by atoms with Gasteiger partial charge in [-0.2, -0.15) is 13.2 Å². The fourth-order valence-electron chi connectivity index (χ4n) is 4.18. The number of anilines is 1. The molecular formula is C28H23ClF4N4O6S. The molecule has 0 fully saturated rings. The predicted octanol–water partition coefficient (Wildman–Crippen LogP) is 6.13. The number of amides is 1. The van der Waals surface area contributed by atoms with Crippen LogP contribution in [0, 0.1) is 5.82 Å². The van der Waals surface area contributed by atoms with Crippen LogP contribution in [0.2, 0.25) is 5.02 Å². The molecule has 0 aliphatic heterocycles. The summed E-state index contributed by atoms with van der Waals surface area (Å²) in [6, 6.07) is 3.83. The molecule has 1 aromatic carbocycles. The van der Waals surface area contributed by atoms with Crippen molar-refractivity contribution in [3.63, 3.8) is 0 Å². The number of pyridine rings is 2. The number of hydrogen-bond donors (Lipinski definition) is 1. The van der Waals surface area contributed by atoms with E-state index >= 15 is 4.39 Å². The van der Waals surface area contributed by atoms with Gasteiger partial charge in [-0.1, -0.05) is 11.6 Å². The van der Waals surface area contributed by atoms with E-state index in [0.717, 1.165) is 17.2 Å². The van der Waals surface area contributed by atoms with Crippen LogP contribution in [0.15, 0.2) is 54.4 Å². The number of thiazole rings is 1. The van der Waals surface area contributed by atoms with E-state index in [-0.39, 0.29) is 35.9 Å². The Labute approximate surface area is 256 Å². The molecule has 1 N–H and O–H groups in total. The predicted molar refractivity (Wildman–Crippen MR) is 151 cm³/mol. The molecule has 0 unspecified atom stereocenters. The fourth-order valence-corrected chi connectivity index (χ4v) is 4.92. The van der Waals surface area contributed by atoms with Crippen molar-refractivity contribution in [2.24, 2.45) is 0 Å². The normalized spacial score (nSPS) is 11.5. The van der Waals surface area contributed by atoms with Crippen molar-refractivity contribution in [1.29, 1.82) is 0 Å². The number of carboxylic acids is 1. The Morgan fingerprint density at radius 1 is 1.07 bits per heavy atom. The number of aromatic carboxylic acids is 1. The second kappa shape index (κ2) is 14.1. The summed E-state index contributed by atoms with van der Waals surface area (Å²) < 4.78 is 73.2. The maximum atomic E-state index is 15.6. The Kier molecular flexibility index (Phi) is 10.5. The van der Waals surface area contributed by atoms with Crippen LogP contribution in [-0.4, -0.2) is 65.4 Å². The Morgan fingerprint density at radius 2 is 1.80 bits per heavy atom. The molecule has 4 rings (SSSR count). The van der Waals surface area contributed by atoms with E-state index in [1.165, 1.54) is 55.6 Å². The summed E-state index contributed by atoms with van der Waals surface area (Å²) in [7, 11) is 2.66. The molecule has 0 aliphatic rings. The van der Waals surface area contributed by atoms with Gasteiger partial charge >= 0.3 is 12.1 Å². The highest BCUT2D eigenvalue weighted by molar-refractivity contribution is 7.09. The molecule has 232 valence electrons. The van der Waals surface area contributed by atoms with E-state index in [1.54, 1.807) is 0 Å². The molecule has 4 aromatic rings. The van der Waals surface area contributed by atoms with Gasteiger partial charge in [0.1, 0.15) is 11.3 Å². The molecule has 10 nitrogen and oxygen atoms in total. The Hall–Kier alpha value is -4.18. The Balaban J connectivity index is 1.80. The van der Waals surface area contributed by atoms with Gasteiger partial charge < -0.3 is 19.3 Å². The number of alkyl halides is 3. The van der Waals surface area contributed by atoms with Gasteiger partial charge in [0.25, 0.3) is 5.91 Å². The van der Waals surface area contributed by atoms with Gasteiger partial charge in [-0.25, -0.2) is 19.2 Å². The van der Waals surface area contributed by atoms with E-state index in [4.69, 9.17) is 25.8 Å². The number of carbonyl (C=O) groups is 2. The number of carbonyl (C=O) groups excluding carboxylic acids is 1. The van der Waals surface area contributed by atoms with Crippen molar-refractivity contribution in [2.75, 3.05) is 32.3 Å². The molecule has 0 saturated heterocycles. The quantitative estimate of drug-likeness (QED) is 0.180. The van der Waals surface area contributed by atoms with Crippen LogP contribution in [0.4, 0.5) is 23.2 Å². The maximum Gasteiger partial charge on any atom is 0.421 e. The molecule has 0 radical (unpaired) electrons. The minimum Gasteiger partial charge on any atom is -0.478 e. The highest BCUT2D eigenvalue weighted by Gasteiger charge is 2.37. The smallest absolute Gasteiger partial charge is 0.421 e. The molecule has 44 heavy (non-hydrogen) atoms. The number of nitrogens with zero attached hydrogens (tertiary/aromatic N) is 4. The number of ether oxygens (including phenoxy) is 3. The number of halogens is 5. The summed E-state index contributed by atoms with van der Waals surface area (Å²) in [4.78, 5) is 39.3. The first kappa shape index (κ1) is 32.7. The SMILES string of the molecule is COCC(COC)N(C(=O)c1ccc(Cl)cn1)c1cc(F)c(Oc2ncc(Cc3cncs3)cc2C(F)(F)F)cc1C(=O)O. The van der Waals surface area contributed by atoms with Crippen molar-refractivity contribution in [2.45, 2.75) is 18.6 Å². The topological polar surface area (TPSA) is 124 Å². The van der Waals surface area contributed by atoms with Gasteiger partial charge in [-0.15, -0.1) is 11.3 Å². The first-order valence-electron chi connectivity index (χ1n) is 12.5. The highest BCUT2D eigenvalue weighted by atomic mass is 35.5. The van der Waals surface area contributed by atoms with E-state index in [0.29, 0.717) is 17.0 Å². The molecule has 0 bridgehead atoms. The number of methoxy groups -OCH3 is 2. The highest BCUT2D eigenvalue weighted by Crippen LogP contribution is 2.40. The van der Waals surface area contributed by atoms with Crippen LogP contribution in [0.1, 0.15) is 36.9 Å². The van der Waals surface area contributed by atoms with Crippen LogP contribution in [0.3, 0.4) is 0 Å². The summed E-state index contributed by atoms with van der Waals surface area (Å²) in [5, 5.41) is 10.3. The van der Waals surface area contributed by atoms with Crippen molar-refractivity contribution in [1.82, 2.24) is 15.0 Å². The molecule has 16 heteroatoms. The molecule has 0 atom stereocenters. The molecular weight excluding hydrogens is 632 g/mol. The number of carboxylic acid groups (broad SMARTS) is 1. The van der Waals surface area contributed by atoms with Crippen LogP contribution in [0.5, 0.6) is 11.6 Å². The summed E-state index contributed by atoms with van der Waals surface area (Å²) in [5.74, 6) is -5.63. The number of rotatable bonds is 12. The second-order valence-corrected chi connectivity index (χ2v) is 10.6. The van der Waals surface area contributed by atoms with Gasteiger partial charge in [0, 0.05) is 56.2 Å². The van der Waals surface area contributed by atoms with Crippen molar-refractivity contribution < 1.29 is 46.5 Å². The number of benzene rings is 1. The summed E-state index contributed by atoms with van der Waals surface area (Å²) in [6.45, 7) is -0.336. The largest absolute Gasteiger partial charge is 0.478 e. The minimum atomic E-state index is -4.94. The fraction of sp³-hybridized carbons (Fsp3) is 0.250. The second-order valence-electron chi connectivity index (χ2n) is 9.15. The Morgan fingerprint density at radius 3 is 2.36 bits per heavy atom. The average molecular weight is 655 g/mol. The van der Waals surface area contributed by atoms with E-state index in [2.05, 4.69) is 15.0 Å². The van der Waals surface area contributed by atoms with Gasteiger partial charge in [0.05, 0.1) is 41.0 Å². The van der Waals surface area contributed by atoms with Gasteiger partial charge in [0.15, 0.2) is 11.6 Å². The van der Waals surface area contributed by atoms with Crippen molar-refractivity contribution >= 4 is 40.5 Å².